The summed E-state index contributed by atoms with van der Waals surface area (Å²) in [6, 6.07) is 25.7. The second-order valence-electron chi connectivity index (χ2n) is 9.51. The van der Waals surface area contributed by atoms with Gasteiger partial charge in [-0.15, -0.1) is 0 Å². The van der Waals surface area contributed by atoms with Crippen LogP contribution >= 0.6 is 12.6 Å². The number of carboxylic acids is 1. The number of benzene rings is 3. The monoisotopic (exact) mass is 520 g/mol. The number of hydrogen-bond acceptors (Lipinski definition) is 4. The van der Waals surface area contributed by atoms with Gasteiger partial charge in [-0.25, -0.2) is 0 Å². The molecule has 37 heavy (non-hydrogen) atoms. The summed E-state index contributed by atoms with van der Waals surface area (Å²) >= 11 is 4.29. The van der Waals surface area contributed by atoms with Gasteiger partial charge >= 0.3 is 5.97 Å². The molecule has 1 N–H and O–H groups in total. The Labute approximate surface area is 227 Å². The van der Waals surface area contributed by atoms with Crippen LogP contribution in [0.25, 0.3) is 0 Å². The van der Waals surface area contributed by atoms with Crippen LogP contribution in [0.4, 0.5) is 0 Å². The lowest BCUT2D eigenvalue weighted by Gasteiger charge is -2.41. The van der Waals surface area contributed by atoms with Crippen molar-refractivity contribution >= 4 is 18.6 Å². The summed E-state index contributed by atoms with van der Waals surface area (Å²) in [5, 5.41) is 10.7. The Bertz CT molecular complexity index is 1020. The Balaban J connectivity index is 2.05. The number of hydrogen-bond donors (Lipinski definition) is 2. The van der Waals surface area contributed by atoms with E-state index in [-0.39, 0.29) is 0 Å². The van der Waals surface area contributed by atoms with E-state index in [2.05, 4.69) is 12.6 Å². The second kappa shape index (κ2) is 14.7. The Kier molecular flexibility index (Phi) is 11.4. The van der Waals surface area contributed by atoms with E-state index in [0.29, 0.717) is 6.42 Å². The molecule has 3 aromatic rings. The summed E-state index contributed by atoms with van der Waals surface area (Å²) in [5.74, 6) is 0.985. The predicted octanol–water partition coefficient (Wildman–Crippen LogP) is 7.79. The van der Waals surface area contributed by atoms with Crippen LogP contribution in [0.1, 0.15) is 68.1 Å². The Morgan fingerprint density at radius 2 is 1.14 bits per heavy atom. The molecule has 0 spiro atoms. The lowest BCUT2D eigenvalue weighted by molar-refractivity contribution is -0.143. The quantitative estimate of drug-likeness (QED) is 0.115. The molecule has 0 aromatic heterocycles. The van der Waals surface area contributed by atoms with Gasteiger partial charge in [0.15, 0.2) is 0 Å². The third kappa shape index (κ3) is 7.10. The molecule has 0 fully saturated rings. The highest BCUT2D eigenvalue weighted by molar-refractivity contribution is 7.80. The maximum Gasteiger partial charge on any atom is 0.308 e. The number of ether oxygens (including phenoxy) is 2. The lowest BCUT2D eigenvalue weighted by atomic mass is 9.60. The number of methoxy groups -OCH3 is 2. The second-order valence-corrected chi connectivity index (χ2v) is 9.96. The molecule has 0 aliphatic rings. The minimum Gasteiger partial charge on any atom is -0.497 e. The fourth-order valence-electron chi connectivity index (χ4n) is 5.38. The van der Waals surface area contributed by atoms with E-state index >= 15 is 0 Å². The first-order valence-corrected chi connectivity index (χ1v) is 13.9. The first kappa shape index (κ1) is 28.6. The minimum atomic E-state index is -0.877. The zero-order valence-corrected chi connectivity index (χ0v) is 23.0. The van der Waals surface area contributed by atoms with E-state index in [1.165, 1.54) is 19.3 Å². The maximum atomic E-state index is 13.1. The van der Waals surface area contributed by atoms with Crippen LogP contribution in [0.5, 0.6) is 11.5 Å². The summed E-state index contributed by atoms with van der Waals surface area (Å²) in [7, 11) is 3.28. The molecular weight excluding hydrogens is 480 g/mol. The molecule has 3 rings (SSSR count). The summed E-state index contributed by atoms with van der Waals surface area (Å²) in [6.07, 6.45) is 8.38. The number of carboxylic acid groups (broad SMARTS) is 1. The van der Waals surface area contributed by atoms with E-state index in [9.17, 15) is 9.90 Å². The van der Waals surface area contributed by atoms with Gasteiger partial charge in [0.05, 0.1) is 25.6 Å². The predicted molar refractivity (Wildman–Crippen MR) is 154 cm³/mol. The average Bonchev–Trinajstić information content (AvgIpc) is 2.94. The maximum absolute atomic E-state index is 13.1. The van der Waals surface area contributed by atoms with Gasteiger partial charge < -0.3 is 14.6 Å². The zero-order chi connectivity index (χ0) is 26.5. The molecular formula is C32H40O4S. The fraction of sp³-hybridized carbons (Fsp3) is 0.406. The highest BCUT2D eigenvalue weighted by atomic mass is 32.1. The minimum absolute atomic E-state index is 0.582. The standard InChI is InChI=1S/C32H40O4S/c1-35-28-20-16-26(17-21-28)32(25-13-9-8-10-14-25,27-18-22-29(36-2)23-19-27)30(31(33)34)15-11-6-4-3-5-7-12-24-37/h8-10,13-14,16-23,30,37H,3-7,11-12,15,24H2,1-2H3,(H,33,34). The SMILES string of the molecule is COc1ccc(C(c2ccccc2)(c2ccc(OC)cc2)C(CCCCCCCCCS)C(=O)O)cc1. The molecule has 0 heterocycles. The van der Waals surface area contributed by atoms with E-state index in [0.717, 1.165) is 59.6 Å². The first-order chi connectivity index (χ1) is 18.1. The number of thiol groups is 1. The number of carbonyl (C=O) groups is 1. The van der Waals surface area contributed by atoms with Gasteiger partial charge in [0.1, 0.15) is 11.5 Å². The van der Waals surface area contributed by atoms with Crippen LogP contribution in [0.3, 0.4) is 0 Å². The molecule has 0 aliphatic heterocycles. The molecule has 3 aromatic carbocycles. The highest BCUT2D eigenvalue weighted by Gasteiger charge is 2.47. The van der Waals surface area contributed by atoms with Gasteiger partial charge in [-0.05, 0) is 59.6 Å². The molecule has 4 nitrogen and oxygen atoms in total. The third-order valence-electron chi connectivity index (χ3n) is 7.29. The molecule has 0 saturated heterocycles. The van der Waals surface area contributed by atoms with Crippen molar-refractivity contribution in [1.82, 2.24) is 0 Å². The Morgan fingerprint density at radius 3 is 1.57 bits per heavy atom. The molecule has 0 saturated carbocycles. The van der Waals surface area contributed by atoms with Crippen molar-refractivity contribution in [3.05, 3.63) is 95.6 Å². The largest absolute Gasteiger partial charge is 0.497 e. The van der Waals surface area contributed by atoms with Gasteiger partial charge in [-0.2, -0.15) is 12.6 Å². The van der Waals surface area contributed by atoms with Crippen molar-refractivity contribution in [3.8, 4) is 11.5 Å². The molecule has 1 unspecified atom stereocenters. The topological polar surface area (TPSA) is 55.8 Å². The van der Waals surface area contributed by atoms with E-state index in [1.54, 1.807) is 14.2 Å². The fourth-order valence-corrected chi connectivity index (χ4v) is 5.61. The smallest absolute Gasteiger partial charge is 0.308 e. The molecule has 5 heteroatoms. The van der Waals surface area contributed by atoms with Crippen molar-refractivity contribution in [3.63, 3.8) is 0 Å². The molecule has 0 amide bonds. The summed E-state index contributed by atoms with van der Waals surface area (Å²) < 4.78 is 10.8. The van der Waals surface area contributed by atoms with Gasteiger partial charge in [-0.1, -0.05) is 93.1 Å². The Hall–Kier alpha value is -2.92. The first-order valence-electron chi connectivity index (χ1n) is 13.3. The normalized spacial score (nSPS) is 12.2. The molecule has 0 radical (unpaired) electrons. The van der Waals surface area contributed by atoms with Gasteiger partial charge in [-0.3, -0.25) is 4.79 Å². The van der Waals surface area contributed by atoms with Gasteiger partial charge in [0.2, 0.25) is 0 Å². The van der Waals surface area contributed by atoms with Crippen molar-refractivity contribution < 1.29 is 19.4 Å². The number of unbranched alkanes of at least 4 members (excludes halogenated alkanes) is 6. The molecule has 198 valence electrons. The molecule has 0 aliphatic carbocycles. The summed E-state index contributed by atoms with van der Waals surface area (Å²) in [5.41, 5.74) is 1.95. The van der Waals surface area contributed by atoms with Crippen LogP contribution in [0.15, 0.2) is 78.9 Å². The van der Waals surface area contributed by atoms with Crippen molar-refractivity contribution in [1.29, 1.82) is 0 Å². The third-order valence-corrected chi connectivity index (χ3v) is 7.61. The lowest BCUT2D eigenvalue weighted by Crippen LogP contribution is -2.42. The summed E-state index contributed by atoms with van der Waals surface area (Å²) in [6.45, 7) is 0. The zero-order valence-electron chi connectivity index (χ0n) is 22.1. The van der Waals surface area contributed by atoms with Gasteiger partial charge in [0, 0.05) is 0 Å². The molecule has 0 bridgehead atoms. The highest BCUT2D eigenvalue weighted by Crippen LogP contribution is 2.48. The van der Waals surface area contributed by atoms with Crippen LogP contribution in [-0.4, -0.2) is 31.0 Å². The van der Waals surface area contributed by atoms with E-state index < -0.39 is 17.3 Å². The number of rotatable bonds is 16. The van der Waals surface area contributed by atoms with Gasteiger partial charge in [0.25, 0.3) is 0 Å². The average molecular weight is 521 g/mol. The number of aliphatic carboxylic acids is 1. The van der Waals surface area contributed by atoms with Crippen LogP contribution in [0, 0.1) is 5.92 Å². The Morgan fingerprint density at radius 1 is 0.703 bits per heavy atom. The molecule has 1 atom stereocenters. The summed E-state index contributed by atoms with van der Waals surface area (Å²) in [4.78, 5) is 13.1. The van der Waals surface area contributed by atoms with Crippen LogP contribution in [-0.2, 0) is 10.2 Å². The van der Waals surface area contributed by atoms with E-state index in [1.807, 2.05) is 78.9 Å². The van der Waals surface area contributed by atoms with Crippen LogP contribution in [0.2, 0.25) is 0 Å². The van der Waals surface area contributed by atoms with E-state index in [4.69, 9.17) is 9.47 Å². The van der Waals surface area contributed by atoms with Crippen molar-refractivity contribution in [2.45, 2.75) is 56.8 Å². The van der Waals surface area contributed by atoms with Crippen molar-refractivity contribution in [2.24, 2.45) is 5.92 Å². The van der Waals surface area contributed by atoms with Crippen LogP contribution < -0.4 is 9.47 Å². The van der Waals surface area contributed by atoms with Crippen molar-refractivity contribution in [2.75, 3.05) is 20.0 Å².